The molecule has 0 spiro atoms. The van der Waals surface area contributed by atoms with Crippen LogP contribution in [0.1, 0.15) is 39.1 Å². The molecule has 0 atom stereocenters. The lowest BCUT2D eigenvalue weighted by molar-refractivity contribution is 0.0690. The Hall–Kier alpha value is -2.27. The van der Waals surface area contributed by atoms with Gasteiger partial charge in [-0.05, 0) is 92.3 Å². The van der Waals surface area contributed by atoms with Gasteiger partial charge in [0.2, 0.25) is 0 Å². The van der Waals surface area contributed by atoms with Gasteiger partial charge in [0, 0.05) is 15.3 Å². The number of hydrogen-bond donors (Lipinski definition) is 3. The van der Waals surface area contributed by atoms with Gasteiger partial charge in [-0.2, -0.15) is 0 Å². The minimum atomic E-state index is -1.64. The zero-order valence-electron chi connectivity index (χ0n) is 16.6. The fraction of sp³-hybridized carbons (Fsp3) is 0.333. The van der Waals surface area contributed by atoms with E-state index in [1.807, 2.05) is 13.1 Å². The highest BCUT2D eigenvalue weighted by atomic mass is 127. The summed E-state index contributed by atoms with van der Waals surface area (Å²) in [6, 6.07) is 6.09. The Balaban J connectivity index is 2.00. The van der Waals surface area contributed by atoms with Gasteiger partial charge in [-0.1, -0.05) is 0 Å². The molecule has 6 nitrogen and oxygen atoms in total. The van der Waals surface area contributed by atoms with Crippen molar-refractivity contribution < 1.29 is 23.5 Å². The van der Waals surface area contributed by atoms with Crippen molar-refractivity contribution in [2.75, 3.05) is 25.5 Å². The van der Waals surface area contributed by atoms with E-state index in [0.29, 0.717) is 5.69 Å². The van der Waals surface area contributed by atoms with Crippen molar-refractivity contribution in [2.45, 2.75) is 25.8 Å². The van der Waals surface area contributed by atoms with Gasteiger partial charge in [0.1, 0.15) is 0 Å². The number of amides is 1. The average Bonchev–Trinajstić information content (AvgIpc) is 2.68. The van der Waals surface area contributed by atoms with Gasteiger partial charge in [-0.25, -0.2) is 13.6 Å². The lowest BCUT2D eigenvalue weighted by Gasteiger charge is -2.29. The van der Waals surface area contributed by atoms with Gasteiger partial charge in [0.05, 0.1) is 16.8 Å². The van der Waals surface area contributed by atoms with Crippen molar-refractivity contribution in [3.8, 4) is 0 Å². The van der Waals surface area contributed by atoms with E-state index in [4.69, 9.17) is 0 Å². The Morgan fingerprint density at radius 1 is 1.13 bits per heavy atom. The van der Waals surface area contributed by atoms with Crippen LogP contribution >= 0.6 is 22.6 Å². The van der Waals surface area contributed by atoms with Gasteiger partial charge in [0.15, 0.2) is 11.6 Å². The van der Waals surface area contributed by atoms with Crippen molar-refractivity contribution in [3.05, 3.63) is 56.2 Å². The maximum atomic E-state index is 14.9. The number of carbonyl (C=O) groups is 2. The van der Waals surface area contributed by atoms with Crippen LogP contribution < -0.4 is 10.6 Å². The Labute approximate surface area is 186 Å². The molecule has 0 saturated carbocycles. The molecule has 0 aromatic heterocycles. The molecule has 9 heteroatoms. The number of benzene rings is 2. The molecule has 1 aliphatic rings. The van der Waals surface area contributed by atoms with Crippen molar-refractivity contribution in [1.82, 2.24) is 10.2 Å². The molecule has 1 saturated heterocycles. The molecule has 0 radical (unpaired) electrons. The molecule has 2 aromatic carbocycles. The highest BCUT2D eigenvalue weighted by molar-refractivity contribution is 14.1. The standard InChI is InChI=1S/C21H22F2IN3O3/c1-11-9-12(24)3-4-16(11)26-19-15(10-14(21(29)30)17(22)18(19)23)20(28)25-13-5-7-27(2)8-6-13/h3-4,9-10,13,26H,5-8H2,1-2H3,(H,25,28)(H,29,30). The molecule has 0 aliphatic carbocycles. The van der Waals surface area contributed by atoms with Gasteiger partial charge < -0.3 is 20.6 Å². The number of hydrogen-bond acceptors (Lipinski definition) is 4. The molecule has 1 heterocycles. The van der Waals surface area contributed by atoms with Crippen LogP contribution in [0.4, 0.5) is 20.2 Å². The van der Waals surface area contributed by atoms with Crippen molar-refractivity contribution in [1.29, 1.82) is 0 Å². The number of carboxylic acids is 1. The summed E-state index contributed by atoms with van der Waals surface area (Å²) in [6.45, 7) is 3.40. The van der Waals surface area contributed by atoms with E-state index >= 15 is 0 Å². The number of aryl methyl sites for hydroxylation is 1. The maximum absolute atomic E-state index is 14.9. The molecular formula is C21H22F2IN3O3. The number of rotatable bonds is 5. The van der Waals surface area contributed by atoms with Gasteiger partial charge in [-0.15, -0.1) is 0 Å². The van der Waals surface area contributed by atoms with E-state index in [2.05, 4.69) is 38.1 Å². The summed E-state index contributed by atoms with van der Waals surface area (Å²) in [5.41, 5.74) is -0.253. The molecule has 2 aromatic rings. The Morgan fingerprint density at radius 3 is 2.40 bits per heavy atom. The zero-order chi connectivity index (χ0) is 22.0. The quantitative estimate of drug-likeness (QED) is 0.508. The van der Waals surface area contributed by atoms with Crippen LogP contribution in [-0.4, -0.2) is 48.1 Å². The molecule has 3 N–H and O–H groups in total. The zero-order valence-corrected chi connectivity index (χ0v) is 18.7. The van der Waals surface area contributed by atoms with Crippen molar-refractivity contribution in [2.24, 2.45) is 0 Å². The van der Waals surface area contributed by atoms with Crippen LogP contribution in [0.15, 0.2) is 24.3 Å². The number of carboxylic acid groups (broad SMARTS) is 1. The number of nitrogens with one attached hydrogen (secondary N) is 2. The summed E-state index contributed by atoms with van der Waals surface area (Å²) in [6.07, 6.45) is 1.44. The lowest BCUT2D eigenvalue weighted by Crippen LogP contribution is -2.43. The smallest absolute Gasteiger partial charge is 0.338 e. The van der Waals surface area contributed by atoms with E-state index in [1.54, 1.807) is 19.1 Å². The van der Waals surface area contributed by atoms with Crippen LogP contribution in [0.3, 0.4) is 0 Å². The predicted molar refractivity (Wildman–Crippen MR) is 118 cm³/mol. The first-order chi connectivity index (χ1) is 14.2. The first kappa shape index (κ1) is 22.4. The molecule has 0 bridgehead atoms. The largest absolute Gasteiger partial charge is 0.478 e. The van der Waals surface area contributed by atoms with Gasteiger partial charge in [-0.3, -0.25) is 4.79 Å². The highest BCUT2D eigenvalue weighted by Gasteiger charge is 2.27. The fourth-order valence-corrected chi connectivity index (χ4v) is 4.05. The van der Waals surface area contributed by atoms with Crippen LogP contribution in [-0.2, 0) is 0 Å². The van der Waals surface area contributed by atoms with Crippen LogP contribution in [0.25, 0.3) is 0 Å². The van der Waals surface area contributed by atoms with Crippen LogP contribution in [0, 0.1) is 22.1 Å². The Bertz CT molecular complexity index is 992. The Kier molecular flexibility index (Phi) is 6.91. The van der Waals surface area contributed by atoms with Gasteiger partial charge in [0.25, 0.3) is 5.91 Å². The molecule has 1 amide bonds. The minimum absolute atomic E-state index is 0.122. The molecular weight excluding hydrogens is 507 g/mol. The van der Waals surface area contributed by atoms with E-state index in [0.717, 1.165) is 41.1 Å². The highest BCUT2D eigenvalue weighted by Crippen LogP contribution is 2.31. The summed E-state index contributed by atoms with van der Waals surface area (Å²) in [5.74, 6) is -5.20. The number of nitrogens with zero attached hydrogens (tertiary/aromatic N) is 1. The molecule has 160 valence electrons. The van der Waals surface area contributed by atoms with Crippen LogP contribution in [0.2, 0.25) is 0 Å². The summed E-state index contributed by atoms with van der Waals surface area (Å²) < 4.78 is 30.2. The monoisotopic (exact) mass is 529 g/mol. The molecule has 0 unspecified atom stereocenters. The SMILES string of the molecule is Cc1cc(I)ccc1Nc1c(C(=O)NC2CCN(C)CC2)cc(C(=O)O)c(F)c1F. The molecule has 1 aliphatic heterocycles. The first-order valence-corrected chi connectivity index (χ1v) is 10.5. The van der Waals surface area contributed by atoms with Gasteiger partial charge >= 0.3 is 5.97 Å². The number of carbonyl (C=O) groups excluding carboxylic acids is 1. The van der Waals surface area contributed by atoms with E-state index < -0.39 is 29.1 Å². The number of aromatic carboxylic acids is 1. The lowest BCUT2D eigenvalue weighted by atomic mass is 10.0. The predicted octanol–water partition coefficient (Wildman–Crippen LogP) is 4.14. The summed E-state index contributed by atoms with van der Waals surface area (Å²) in [4.78, 5) is 26.4. The number of likely N-dealkylation sites (tertiary alicyclic amines) is 1. The maximum Gasteiger partial charge on any atom is 0.338 e. The van der Waals surface area contributed by atoms with E-state index in [-0.39, 0.29) is 17.3 Å². The third kappa shape index (κ3) is 4.89. The third-order valence-corrected chi connectivity index (χ3v) is 5.85. The summed E-state index contributed by atoms with van der Waals surface area (Å²) in [5, 5.41) is 14.9. The third-order valence-electron chi connectivity index (χ3n) is 5.18. The minimum Gasteiger partial charge on any atom is -0.478 e. The second-order valence-corrected chi connectivity index (χ2v) is 8.66. The Morgan fingerprint density at radius 2 is 1.80 bits per heavy atom. The summed E-state index contributed by atoms with van der Waals surface area (Å²) in [7, 11) is 1.98. The molecule has 1 fully saturated rings. The molecule has 3 rings (SSSR count). The first-order valence-electron chi connectivity index (χ1n) is 9.45. The normalized spacial score (nSPS) is 15.1. The number of anilines is 2. The summed E-state index contributed by atoms with van der Waals surface area (Å²) >= 11 is 2.13. The molecule has 30 heavy (non-hydrogen) atoms. The van der Waals surface area contributed by atoms with Crippen LogP contribution in [0.5, 0.6) is 0 Å². The second kappa shape index (κ2) is 9.25. The topological polar surface area (TPSA) is 81.7 Å². The van der Waals surface area contributed by atoms with Crippen molar-refractivity contribution in [3.63, 3.8) is 0 Å². The van der Waals surface area contributed by atoms with Crippen molar-refractivity contribution >= 4 is 45.8 Å². The van der Waals surface area contributed by atoms with E-state index in [9.17, 15) is 23.5 Å². The average molecular weight is 529 g/mol. The number of piperidine rings is 1. The fourth-order valence-electron chi connectivity index (χ4n) is 3.40. The second-order valence-electron chi connectivity index (χ2n) is 7.42. The van der Waals surface area contributed by atoms with E-state index in [1.165, 1.54) is 0 Å². The number of halogens is 3.